The van der Waals surface area contributed by atoms with Crippen LogP contribution in [-0.2, 0) is 11.3 Å². The number of halogens is 7. The number of benzene rings is 1. The minimum atomic E-state index is -4.98. The lowest BCUT2D eigenvalue weighted by Gasteiger charge is -2.14. The summed E-state index contributed by atoms with van der Waals surface area (Å²) in [5.41, 5.74) is -1.98. The highest BCUT2D eigenvalue weighted by Gasteiger charge is 2.37. The Bertz CT molecular complexity index is 884. The van der Waals surface area contributed by atoms with Gasteiger partial charge in [0.1, 0.15) is 5.82 Å². The molecular weight excluding hydrogens is 453 g/mol. The predicted molar refractivity (Wildman–Crippen MR) is 110 cm³/mol. The molecule has 0 heterocycles. The van der Waals surface area contributed by atoms with Crippen LogP contribution in [-0.4, -0.2) is 30.8 Å². The SMILES string of the molecule is C\C=C(/C=C(\C=C\CNC(=O)[C@H]1CC[C@@H](NCc2ccc(F)cc2)C1)C(F)(F)F)C(F)(F)F. The number of nitrogens with one attached hydrogen (secondary N) is 2. The maximum Gasteiger partial charge on any atom is 0.416 e. The van der Waals surface area contributed by atoms with Crippen molar-refractivity contribution in [2.24, 2.45) is 5.92 Å². The second-order valence-corrected chi connectivity index (χ2v) is 7.70. The lowest BCUT2D eigenvalue weighted by atomic mass is 10.1. The molecule has 1 aromatic carbocycles. The number of hydrogen-bond donors (Lipinski definition) is 2. The largest absolute Gasteiger partial charge is 0.416 e. The van der Waals surface area contributed by atoms with E-state index in [0.29, 0.717) is 31.5 Å². The van der Waals surface area contributed by atoms with Crippen molar-refractivity contribution in [3.63, 3.8) is 0 Å². The van der Waals surface area contributed by atoms with Crippen molar-refractivity contribution in [3.8, 4) is 0 Å². The van der Waals surface area contributed by atoms with Crippen molar-refractivity contribution in [2.45, 2.75) is 51.1 Å². The number of carbonyl (C=O) groups excluding carboxylic acids is 1. The molecule has 0 aromatic heterocycles. The van der Waals surface area contributed by atoms with Crippen LogP contribution in [0.15, 0.2) is 59.7 Å². The summed E-state index contributed by atoms with van der Waals surface area (Å²) in [6, 6.07) is 6.11. The van der Waals surface area contributed by atoms with E-state index in [2.05, 4.69) is 10.6 Å². The lowest BCUT2D eigenvalue weighted by molar-refractivity contribution is -0.124. The third kappa shape index (κ3) is 8.68. The van der Waals surface area contributed by atoms with Crippen LogP contribution in [0.25, 0.3) is 0 Å². The molecule has 0 bridgehead atoms. The summed E-state index contributed by atoms with van der Waals surface area (Å²) in [6.07, 6.45) is -5.92. The van der Waals surface area contributed by atoms with Gasteiger partial charge in [0, 0.05) is 25.0 Å². The average molecular weight is 478 g/mol. The molecule has 0 saturated heterocycles. The van der Waals surface area contributed by atoms with E-state index in [0.717, 1.165) is 25.0 Å². The molecular formula is C23H25F7N2O. The summed E-state index contributed by atoms with van der Waals surface area (Å²) in [5.74, 6) is -0.972. The molecule has 1 aliphatic rings. The molecule has 1 amide bonds. The van der Waals surface area contributed by atoms with Gasteiger partial charge in [0.15, 0.2) is 0 Å². The highest BCUT2D eigenvalue weighted by Crippen LogP contribution is 2.33. The molecule has 1 saturated carbocycles. The Morgan fingerprint density at radius 3 is 2.24 bits per heavy atom. The number of carbonyl (C=O) groups is 1. The molecule has 0 unspecified atom stereocenters. The van der Waals surface area contributed by atoms with E-state index < -0.39 is 23.5 Å². The number of hydrogen-bond acceptors (Lipinski definition) is 2. The number of allylic oxidation sites excluding steroid dienone is 5. The van der Waals surface area contributed by atoms with Crippen LogP contribution < -0.4 is 10.6 Å². The monoisotopic (exact) mass is 478 g/mol. The first kappa shape index (κ1) is 26.6. The zero-order valence-electron chi connectivity index (χ0n) is 17.9. The summed E-state index contributed by atoms with van der Waals surface area (Å²) in [6.45, 7) is 1.27. The van der Waals surface area contributed by atoms with Crippen LogP contribution >= 0.6 is 0 Å². The van der Waals surface area contributed by atoms with Gasteiger partial charge in [-0.05, 0) is 50.0 Å². The molecule has 33 heavy (non-hydrogen) atoms. The van der Waals surface area contributed by atoms with Crippen LogP contribution in [0.4, 0.5) is 30.7 Å². The first-order chi connectivity index (χ1) is 15.4. The van der Waals surface area contributed by atoms with Crippen molar-refractivity contribution in [1.29, 1.82) is 0 Å². The van der Waals surface area contributed by atoms with Gasteiger partial charge < -0.3 is 10.6 Å². The Kier molecular flexibility index (Phi) is 9.27. The molecule has 182 valence electrons. The fourth-order valence-corrected chi connectivity index (χ4v) is 3.48. The van der Waals surface area contributed by atoms with Gasteiger partial charge in [0.25, 0.3) is 0 Å². The Balaban J connectivity index is 1.85. The molecule has 3 nitrogen and oxygen atoms in total. The van der Waals surface area contributed by atoms with Gasteiger partial charge in [0.05, 0.1) is 11.1 Å². The van der Waals surface area contributed by atoms with Crippen molar-refractivity contribution in [1.82, 2.24) is 10.6 Å². The van der Waals surface area contributed by atoms with Gasteiger partial charge in [-0.2, -0.15) is 26.3 Å². The van der Waals surface area contributed by atoms with E-state index in [1.54, 1.807) is 12.1 Å². The number of rotatable bonds is 8. The fraction of sp³-hybridized carbons (Fsp3) is 0.435. The second kappa shape index (κ2) is 11.5. The molecule has 0 aliphatic heterocycles. The minimum Gasteiger partial charge on any atom is -0.352 e. The summed E-state index contributed by atoms with van der Waals surface area (Å²) in [5, 5.41) is 5.79. The maximum atomic E-state index is 13.1. The topological polar surface area (TPSA) is 41.1 Å². The standard InChI is InChI=1S/C23H25F7N2O/c1-2-17(22(25,26)27)13-18(23(28,29)30)4-3-11-31-21(33)16-7-10-20(12-16)32-14-15-5-8-19(24)9-6-15/h2-6,8-9,13,16,20,32H,7,10-12,14H2,1H3,(H,31,33)/b4-3+,17-2+,18-13+/t16-,20+/m0/s1. The smallest absolute Gasteiger partial charge is 0.352 e. The third-order valence-corrected chi connectivity index (χ3v) is 5.28. The van der Waals surface area contributed by atoms with Gasteiger partial charge in [-0.25, -0.2) is 4.39 Å². The van der Waals surface area contributed by atoms with Crippen LogP contribution in [0.1, 0.15) is 31.7 Å². The molecule has 2 atom stereocenters. The van der Waals surface area contributed by atoms with Gasteiger partial charge in [0.2, 0.25) is 5.91 Å². The Hall–Kier alpha value is -2.62. The van der Waals surface area contributed by atoms with E-state index in [1.807, 2.05) is 0 Å². The third-order valence-electron chi connectivity index (χ3n) is 5.28. The maximum absolute atomic E-state index is 13.1. The van der Waals surface area contributed by atoms with E-state index in [1.165, 1.54) is 12.1 Å². The van der Waals surface area contributed by atoms with Crippen molar-refractivity contribution in [3.05, 3.63) is 71.1 Å². The van der Waals surface area contributed by atoms with Crippen molar-refractivity contribution < 1.29 is 35.5 Å². The van der Waals surface area contributed by atoms with Crippen LogP contribution in [0.3, 0.4) is 0 Å². The number of amides is 1. The first-order valence-corrected chi connectivity index (χ1v) is 10.3. The van der Waals surface area contributed by atoms with Crippen LogP contribution in [0.2, 0.25) is 0 Å². The summed E-state index contributed by atoms with van der Waals surface area (Å²) < 4.78 is 90.4. The number of alkyl halides is 6. The molecule has 1 aliphatic carbocycles. The first-order valence-electron chi connectivity index (χ1n) is 10.3. The van der Waals surface area contributed by atoms with Crippen LogP contribution in [0, 0.1) is 11.7 Å². The van der Waals surface area contributed by atoms with E-state index in [4.69, 9.17) is 0 Å². The van der Waals surface area contributed by atoms with Gasteiger partial charge in [-0.1, -0.05) is 30.4 Å². The Morgan fingerprint density at radius 2 is 1.67 bits per heavy atom. The highest BCUT2D eigenvalue weighted by atomic mass is 19.4. The second-order valence-electron chi connectivity index (χ2n) is 7.70. The fourth-order valence-electron chi connectivity index (χ4n) is 3.48. The summed E-state index contributed by atoms with van der Waals surface area (Å²) in [4.78, 5) is 12.3. The van der Waals surface area contributed by atoms with Gasteiger partial charge >= 0.3 is 12.4 Å². The van der Waals surface area contributed by atoms with Gasteiger partial charge in [-0.15, -0.1) is 0 Å². The van der Waals surface area contributed by atoms with E-state index in [-0.39, 0.29) is 36.3 Å². The van der Waals surface area contributed by atoms with E-state index >= 15 is 0 Å². The zero-order valence-corrected chi connectivity index (χ0v) is 17.9. The molecule has 2 N–H and O–H groups in total. The molecule has 0 radical (unpaired) electrons. The molecule has 10 heteroatoms. The molecule has 2 rings (SSSR count). The molecule has 0 spiro atoms. The average Bonchev–Trinajstić information content (AvgIpc) is 3.20. The zero-order chi connectivity index (χ0) is 24.6. The lowest BCUT2D eigenvalue weighted by Crippen LogP contribution is -2.31. The van der Waals surface area contributed by atoms with Crippen molar-refractivity contribution in [2.75, 3.05) is 6.54 Å². The highest BCUT2D eigenvalue weighted by molar-refractivity contribution is 5.79. The van der Waals surface area contributed by atoms with Crippen LogP contribution in [0.5, 0.6) is 0 Å². The summed E-state index contributed by atoms with van der Waals surface area (Å²) >= 11 is 0. The Morgan fingerprint density at radius 1 is 1.03 bits per heavy atom. The molecule has 1 fully saturated rings. The normalized spacial score (nSPS) is 20.5. The molecule has 1 aromatic rings. The quantitative estimate of drug-likeness (QED) is 0.369. The Labute approximate surface area is 187 Å². The van der Waals surface area contributed by atoms with Crippen molar-refractivity contribution >= 4 is 5.91 Å². The summed E-state index contributed by atoms with van der Waals surface area (Å²) in [7, 11) is 0. The van der Waals surface area contributed by atoms with Gasteiger partial charge in [-0.3, -0.25) is 4.79 Å². The van der Waals surface area contributed by atoms with E-state index in [9.17, 15) is 35.5 Å². The predicted octanol–water partition coefficient (Wildman–Crippen LogP) is 5.75. The minimum absolute atomic E-state index is 0.0344.